The number of hydrazine groups is 1. The van der Waals surface area contributed by atoms with Crippen molar-refractivity contribution in [3.05, 3.63) is 70.8 Å². The number of ether oxygens (including phenoxy) is 1. The van der Waals surface area contributed by atoms with E-state index in [0.29, 0.717) is 37.4 Å². The van der Waals surface area contributed by atoms with E-state index in [1.54, 1.807) is 29.3 Å². The minimum Gasteiger partial charge on any atom is -0.379 e. The number of nitrogens with zero attached hydrogens (tertiary/aromatic N) is 1. The number of morpholine rings is 1. The SMILES string of the molecule is Cc1ccc(C(O)(C(=O)NN2CCOCC2)c2ccc(C)cc2)cc1. The zero-order valence-corrected chi connectivity index (χ0v) is 14.7. The monoisotopic (exact) mass is 340 g/mol. The molecule has 2 aromatic rings. The first kappa shape index (κ1) is 17.6. The van der Waals surface area contributed by atoms with Crippen molar-refractivity contribution in [2.75, 3.05) is 26.3 Å². The Morgan fingerprint density at radius 1 is 0.960 bits per heavy atom. The van der Waals surface area contributed by atoms with Gasteiger partial charge in [0.25, 0.3) is 5.91 Å². The minimum absolute atomic E-state index is 0.456. The molecule has 2 aromatic carbocycles. The lowest BCUT2D eigenvalue weighted by Crippen LogP contribution is -2.55. The third-order valence-corrected chi connectivity index (χ3v) is 4.54. The molecule has 1 fully saturated rings. The van der Waals surface area contributed by atoms with Crippen LogP contribution in [0, 0.1) is 13.8 Å². The summed E-state index contributed by atoms with van der Waals surface area (Å²) in [6, 6.07) is 14.8. The van der Waals surface area contributed by atoms with Gasteiger partial charge in [-0.2, -0.15) is 0 Å². The number of nitrogens with one attached hydrogen (secondary N) is 1. The zero-order valence-electron chi connectivity index (χ0n) is 14.7. The van der Waals surface area contributed by atoms with Gasteiger partial charge in [-0.25, -0.2) is 5.01 Å². The summed E-state index contributed by atoms with van der Waals surface area (Å²) < 4.78 is 5.31. The highest BCUT2D eigenvalue weighted by molar-refractivity contribution is 5.89. The Balaban J connectivity index is 1.97. The van der Waals surface area contributed by atoms with Crippen LogP contribution >= 0.6 is 0 Å². The summed E-state index contributed by atoms with van der Waals surface area (Å²) in [5.74, 6) is -0.456. The van der Waals surface area contributed by atoms with Gasteiger partial charge in [0, 0.05) is 13.1 Å². The maximum Gasteiger partial charge on any atom is 0.275 e. The van der Waals surface area contributed by atoms with Gasteiger partial charge in [-0.3, -0.25) is 10.2 Å². The van der Waals surface area contributed by atoms with Crippen molar-refractivity contribution in [1.82, 2.24) is 10.4 Å². The molecule has 25 heavy (non-hydrogen) atoms. The van der Waals surface area contributed by atoms with Gasteiger partial charge >= 0.3 is 0 Å². The van der Waals surface area contributed by atoms with E-state index in [4.69, 9.17) is 4.74 Å². The average molecular weight is 340 g/mol. The highest BCUT2D eigenvalue weighted by atomic mass is 16.5. The lowest BCUT2D eigenvalue weighted by molar-refractivity contribution is -0.144. The van der Waals surface area contributed by atoms with Crippen molar-refractivity contribution < 1.29 is 14.6 Å². The van der Waals surface area contributed by atoms with Crippen molar-refractivity contribution >= 4 is 5.91 Å². The number of hydrogen-bond donors (Lipinski definition) is 2. The molecule has 1 saturated heterocycles. The first-order valence-corrected chi connectivity index (χ1v) is 8.50. The lowest BCUT2D eigenvalue weighted by atomic mass is 9.85. The first-order valence-electron chi connectivity index (χ1n) is 8.50. The Labute approximate surface area is 148 Å². The van der Waals surface area contributed by atoms with E-state index in [1.165, 1.54) is 0 Å². The summed E-state index contributed by atoms with van der Waals surface area (Å²) in [5, 5.41) is 13.3. The van der Waals surface area contributed by atoms with Gasteiger partial charge in [-0.15, -0.1) is 0 Å². The van der Waals surface area contributed by atoms with Crippen LogP contribution < -0.4 is 5.43 Å². The fraction of sp³-hybridized carbons (Fsp3) is 0.350. The molecule has 1 aliphatic rings. The summed E-state index contributed by atoms with van der Waals surface area (Å²) in [7, 11) is 0. The maximum absolute atomic E-state index is 13.1. The fourth-order valence-electron chi connectivity index (χ4n) is 2.92. The summed E-state index contributed by atoms with van der Waals surface area (Å²) in [6.07, 6.45) is 0. The number of aliphatic hydroxyl groups is 1. The second-order valence-electron chi connectivity index (χ2n) is 6.48. The summed E-state index contributed by atoms with van der Waals surface area (Å²) in [4.78, 5) is 13.1. The maximum atomic E-state index is 13.1. The van der Waals surface area contributed by atoms with Gasteiger partial charge in [0.2, 0.25) is 0 Å². The average Bonchev–Trinajstić information content (AvgIpc) is 2.63. The van der Waals surface area contributed by atoms with Crippen LogP contribution in [0.5, 0.6) is 0 Å². The topological polar surface area (TPSA) is 61.8 Å². The second kappa shape index (κ2) is 7.35. The number of hydrogen-bond acceptors (Lipinski definition) is 4. The fourth-order valence-corrected chi connectivity index (χ4v) is 2.92. The molecule has 1 heterocycles. The summed E-state index contributed by atoms with van der Waals surface area (Å²) in [5.41, 5.74) is 4.34. The van der Waals surface area contributed by atoms with Crippen LogP contribution in [-0.2, 0) is 15.1 Å². The number of benzene rings is 2. The molecule has 0 aromatic heterocycles. The van der Waals surface area contributed by atoms with Crippen LogP contribution in [-0.4, -0.2) is 42.3 Å². The largest absolute Gasteiger partial charge is 0.379 e. The Morgan fingerprint density at radius 2 is 1.40 bits per heavy atom. The van der Waals surface area contributed by atoms with Gasteiger partial charge in [0.15, 0.2) is 5.60 Å². The second-order valence-corrected chi connectivity index (χ2v) is 6.48. The number of carbonyl (C=O) groups is 1. The molecule has 5 heteroatoms. The molecule has 2 N–H and O–H groups in total. The number of carbonyl (C=O) groups excluding carboxylic acids is 1. The van der Waals surface area contributed by atoms with Crippen molar-refractivity contribution in [3.8, 4) is 0 Å². The first-order chi connectivity index (χ1) is 12.0. The molecule has 0 unspecified atom stereocenters. The number of aryl methyl sites for hydroxylation is 2. The zero-order chi connectivity index (χ0) is 17.9. The molecule has 0 bridgehead atoms. The Bertz CT molecular complexity index is 674. The van der Waals surface area contributed by atoms with Gasteiger partial charge in [-0.1, -0.05) is 59.7 Å². The molecule has 0 saturated carbocycles. The van der Waals surface area contributed by atoms with Crippen molar-refractivity contribution in [2.24, 2.45) is 0 Å². The Hall–Kier alpha value is -2.21. The highest BCUT2D eigenvalue weighted by Crippen LogP contribution is 2.30. The predicted octanol–water partition coefficient (Wildman–Crippen LogP) is 1.90. The van der Waals surface area contributed by atoms with Crippen molar-refractivity contribution in [1.29, 1.82) is 0 Å². The molecule has 0 radical (unpaired) electrons. The molecule has 132 valence electrons. The van der Waals surface area contributed by atoms with Crippen molar-refractivity contribution in [3.63, 3.8) is 0 Å². The van der Waals surface area contributed by atoms with Crippen molar-refractivity contribution in [2.45, 2.75) is 19.4 Å². The quantitative estimate of drug-likeness (QED) is 0.892. The van der Waals surface area contributed by atoms with Gasteiger partial charge in [0.1, 0.15) is 0 Å². The highest BCUT2D eigenvalue weighted by Gasteiger charge is 2.40. The van der Waals surface area contributed by atoms with E-state index in [1.807, 2.05) is 38.1 Å². The Morgan fingerprint density at radius 3 is 1.84 bits per heavy atom. The van der Waals surface area contributed by atoms with Crippen LogP contribution in [0.15, 0.2) is 48.5 Å². The van der Waals surface area contributed by atoms with E-state index in [9.17, 15) is 9.90 Å². The van der Waals surface area contributed by atoms with Crippen LogP contribution in [0.2, 0.25) is 0 Å². The van der Waals surface area contributed by atoms with Crippen LogP contribution in [0.4, 0.5) is 0 Å². The van der Waals surface area contributed by atoms with E-state index in [2.05, 4.69) is 5.43 Å². The van der Waals surface area contributed by atoms with Crippen LogP contribution in [0.25, 0.3) is 0 Å². The third-order valence-electron chi connectivity index (χ3n) is 4.54. The predicted molar refractivity (Wildman–Crippen MR) is 95.9 cm³/mol. The van der Waals surface area contributed by atoms with Gasteiger partial charge < -0.3 is 9.84 Å². The molecule has 1 aliphatic heterocycles. The van der Waals surface area contributed by atoms with Crippen LogP contribution in [0.3, 0.4) is 0 Å². The molecule has 0 aliphatic carbocycles. The van der Waals surface area contributed by atoms with Crippen LogP contribution in [0.1, 0.15) is 22.3 Å². The van der Waals surface area contributed by atoms with E-state index in [0.717, 1.165) is 11.1 Å². The van der Waals surface area contributed by atoms with Gasteiger partial charge in [-0.05, 0) is 25.0 Å². The summed E-state index contributed by atoms with van der Waals surface area (Å²) >= 11 is 0. The number of amides is 1. The van der Waals surface area contributed by atoms with E-state index < -0.39 is 11.5 Å². The molecule has 0 atom stereocenters. The molecular formula is C20H24N2O3. The summed E-state index contributed by atoms with van der Waals surface area (Å²) in [6.45, 7) is 6.28. The molecule has 3 rings (SSSR count). The van der Waals surface area contributed by atoms with E-state index in [-0.39, 0.29) is 0 Å². The smallest absolute Gasteiger partial charge is 0.275 e. The Kier molecular flexibility index (Phi) is 5.18. The third kappa shape index (κ3) is 3.74. The van der Waals surface area contributed by atoms with E-state index >= 15 is 0 Å². The minimum atomic E-state index is -1.75. The number of rotatable bonds is 4. The normalized spacial score (nSPS) is 15.8. The molecular weight excluding hydrogens is 316 g/mol. The molecule has 0 spiro atoms. The lowest BCUT2D eigenvalue weighted by Gasteiger charge is -2.33. The standard InChI is InChI=1S/C20H24N2O3/c1-15-3-7-17(8-4-15)20(24,18-9-5-16(2)6-10-18)19(23)21-22-11-13-25-14-12-22/h3-10,24H,11-14H2,1-2H3,(H,21,23). The van der Waals surface area contributed by atoms with Gasteiger partial charge in [0.05, 0.1) is 13.2 Å². The molecule has 1 amide bonds. The molecule has 5 nitrogen and oxygen atoms in total.